The quantitative estimate of drug-likeness (QED) is 0.888. The topological polar surface area (TPSA) is 70.1 Å². The van der Waals surface area contributed by atoms with Crippen molar-refractivity contribution in [2.24, 2.45) is 5.41 Å². The molecule has 3 aliphatic heterocycles. The first-order chi connectivity index (χ1) is 12.6. The summed E-state index contributed by atoms with van der Waals surface area (Å²) in [5.41, 5.74) is 1.32. The van der Waals surface area contributed by atoms with Crippen molar-refractivity contribution in [3.63, 3.8) is 0 Å². The molecule has 1 aromatic rings. The van der Waals surface area contributed by atoms with E-state index >= 15 is 0 Å². The van der Waals surface area contributed by atoms with Crippen LogP contribution in [-0.2, 0) is 11.2 Å². The van der Waals surface area contributed by atoms with E-state index in [9.17, 15) is 14.7 Å². The molecule has 2 fully saturated rings. The number of nitrogens with zero attached hydrogens (tertiary/aromatic N) is 2. The van der Waals surface area contributed by atoms with Gasteiger partial charge in [-0.05, 0) is 55.9 Å². The molecule has 1 N–H and O–H groups in total. The Hall–Kier alpha value is -2.08. The zero-order chi connectivity index (χ0) is 18.1. The number of ether oxygens (including phenoxy) is 1. The second-order valence-electron chi connectivity index (χ2n) is 7.65. The predicted molar refractivity (Wildman–Crippen MR) is 96.1 cm³/mol. The smallest absolute Gasteiger partial charge is 0.253 e. The van der Waals surface area contributed by atoms with Crippen molar-refractivity contribution in [3.05, 3.63) is 29.3 Å². The molecule has 3 heterocycles. The minimum absolute atomic E-state index is 0.00216. The van der Waals surface area contributed by atoms with Gasteiger partial charge in [-0.3, -0.25) is 9.59 Å². The highest BCUT2D eigenvalue weighted by atomic mass is 16.5. The average Bonchev–Trinajstić information content (AvgIpc) is 3.10. The number of β-amino-alcohol motifs (C(OH)–C–C–N with tert-alkyl or cyclic N) is 1. The average molecular weight is 358 g/mol. The van der Waals surface area contributed by atoms with Gasteiger partial charge in [-0.2, -0.15) is 0 Å². The second kappa shape index (κ2) is 6.91. The molecule has 26 heavy (non-hydrogen) atoms. The van der Waals surface area contributed by atoms with Crippen LogP contribution in [0.25, 0.3) is 0 Å². The summed E-state index contributed by atoms with van der Waals surface area (Å²) in [6.07, 6.45) is 4.40. The van der Waals surface area contributed by atoms with Gasteiger partial charge in [0.2, 0.25) is 5.91 Å². The summed E-state index contributed by atoms with van der Waals surface area (Å²) in [6.45, 7) is 2.92. The molecule has 0 bridgehead atoms. The molecule has 1 spiro atoms. The van der Waals surface area contributed by atoms with E-state index in [0.29, 0.717) is 38.2 Å². The van der Waals surface area contributed by atoms with Crippen molar-refractivity contribution in [2.45, 2.75) is 32.1 Å². The normalized spacial score (nSPS) is 25.3. The highest BCUT2D eigenvalue weighted by Crippen LogP contribution is 2.40. The number of amides is 2. The summed E-state index contributed by atoms with van der Waals surface area (Å²) in [5.74, 6) is 0.988. The standard InChI is InChI=1S/C20H26N2O4/c23-11-10-21-8-2-6-20(19(21)25)7-9-22(14-20)18(24)16-4-5-17-15(13-16)3-1-12-26-17/h4-5,13,23H,1-3,6-12,14H2. The molecule has 3 aliphatic rings. The number of carbonyl (C=O) groups is 2. The molecular formula is C20H26N2O4. The van der Waals surface area contributed by atoms with Crippen LogP contribution in [0.4, 0.5) is 0 Å². The molecule has 1 atom stereocenters. The summed E-state index contributed by atoms with van der Waals surface area (Å²) in [6, 6.07) is 5.67. The van der Waals surface area contributed by atoms with Crippen molar-refractivity contribution < 1.29 is 19.4 Å². The minimum atomic E-state index is -0.458. The molecule has 0 saturated carbocycles. The number of aliphatic hydroxyl groups is 1. The van der Waals surface area contributed by atoms with E-state index < -0.39 is 5.41 Å². The summed E-state index contributed by atoms with van der Waals surface area (Å²) in [7, 11) is 0. The van der Waals surface area contributed by atoms with Gasteiger partial charge < -0.3 is 19.6 Å². The van der Waals surface area contributed by atoms with Crippen LogP contribution in [0.1, 0.15) is 41.6 Å². The third-order valence-electron chi connectivity index (χ3n) is 5.99. The maximum Gasteiger partial charge on any atom is 0.253 e. The largest absolute Gasteiger partial charge is 0.493 e. The minimum Gasteiger partial charge on any atom is -0.493 e. The fourth-order valence-corrected chi connectivity index (χ4v) is 4.59. The number of hydrogen-bond acceptors (Lipinski definition) is 4. The van der Waals surface area contributed by atoms with Crippen LogP contribution >= 0.6 is 0 Å². The van der Waals surface area contributed by atoms with E-state index in [2.05, 4.69) is 0 Å². The van der Waals surface area contributed by atoms with Crippen LogP contribution in [0.15, 0.2) is 18.2 Å². The van der Waals surface area contributed by atoms with E-state index in [1.165, 1.54) is 0 Å². The molecule has 2 saturated heterocycles. The Kier molecular flexibility index (Phi) is 4.61. The van der Waals surface area contributed by atoms with E-state index in [1.54, 1.807) is 4.90 Å². The summed E-state index contributed by atoms with van der Waals surface area (Å²) in [5, 5.41) is 9.18. The first kappa shape index (κ1) is 17.3. The Labute approximate surface area is 153 Å². The molecule has 0 aromatic heterocycles. The monoisotopic (exact) mass is 358 g/mol. The van der Waals surface area contributed by atoms with E-state index in [0.717, 1.165) is 43.6 Å². The van der Waals surface area contributed by atoms with Gasteiger partial charge in [-0.1, -0.05) is 0 Å². The Morgan fingerprint density at radius 1 is 1.23 bits per heavy atom. The van der Waals surface area contributed by atoms with Crippen molar-refractivity contribution >= 4 is 11.8 Å². The van der Waals surface area contributed by atoms with Gasteiger partial charge in [0.05, 0.1) is 18.6 Å². The molecule has 0 radical (unpaired) electrons. The lowest BCUT2D eigenvalue weighted by Gasteiger charge is -2.39. The molecule has 4 rings (SSSR count). The van der Waals surface area contributed by atoms with Crippen LogP contribution in [-0.4, -0.2) is 66.1 Å². The molecule has 140 valence electrons. The number of benzene rings is 1. The lowest BCUT2D eigenvalue weighted by molar-refractivity contribution is -0.146. The fourth-order valence-electron chi connectivity index (χ4n) is 4.59. The molecule has 1 unspecified atom stereocenters. The van der Waals surface area contributed by atoms with Crippen LogP contribution in [0.3, 0.4) is 0 Å². The van der Waals surface area contributed by atoms with Gasteiger partial charge in [0.15, 0.2) is 0 Å². The lowest BCUT2D eigenvalue weighted by atomic mass is 9.78. The maximum absolute atomic E-state index is 13.0. The molecular weight excluding hydrogens is 332 g/mol. The van der Waals surface area contributed by atoms with Crippen molar-refractivity contribution in [3.8, 4) is 5.75 Å². The van der Waals surface area contributed by atoms with Gasteiger partial charge in [-0.25, -0.2) is 0 Å². The summed E-state index contributed by atoms with van der Waals surface area (Å²) >= 11 is 0. The predicted octanol–water partition coefficient (Wildman–Crippen LogP) is 1.46. The summed E-state index contributed by atoms with van der Waals surface area (Å²) in [4.78, 5) is 29.5. The van der Waals surface area contributed by atoms with E-state index in [-0.39, 0.29) is 18.4 Å². The van der Waals surface area contributed by atoms with Crippen LogP contribution in [0.2, 0.25) is 0 Å². The third kappa shape index (κ3) is 2.96. The number of carbonyl (C=O) groups excluding carboxylic acids is 2. The number of fused-ring (bicyclic) bond motifs is 1. The van der Waals surface area contributed by atoms with Gasteiger partial charge in [0, 0.05) is 31.7 Å². The Balaban J connectivity index is 1.50. The molecule has 6 nitrogen and oxygen atoms in total. The Morgan fingerprint density at radius 2 is 2.12 bits per heavy atom. The number of aryl methyl sites for hydroxylation is 1. The highest BCUT2D eigenvalue weighted by molar-refractivity contribution is 5.96. The maximum atomic E-state index is 13.0. The number of piperidine rings is 1. The van der Waals surface area contributed by atoms with Crippen molar-refractivity contribution in [1.29, 1.82) is 0 Å². The van der Waals surface area contributed by atoms with Gasteiger partial charge in [-0.15, -0.1) is 0 Å². The summed E-state index contributed by atoms with van der Waals surface area (Å²) < 4.78 is 5.63. The first-order valence-corrected chi connectivity index (χ1v) is 9.58. The van der Waals surface area contributed by atoms with Crippen molar-refractivity contribution in [1.82, 2.24) is 9.80 Å². The van der Waals surface area contributed by atoms with Gasteiger partial charge in [0.1, 0.15) is 5.75 Å². The molecule has 2 amide bonds. The molecule has 6 heteroatoms. The molecule has 0 aliphatic carbocycles. The number of likely N-dealkylation sites (tertiary alicyclic amines) is 2. The van der Waals surface area contributed by atoms with Crippen LogP contribution in [0, 0.1) is 5.41 Å². The third-order valence-corrected chi connectivity index (χ3v) is 5.99. The van der Waals surface area contributed by atoms with Gasteiger partial charge in [0.25, 0.3) is 5.91 Å². The number of hydrogen-bond donors (Lipinski definition) is 1. The number of aliphatic hydroxyl groups excluding tert-OH is 1. The Morgan fingerprint density at radius 3 is 2.96 bits per heavy atom. The van der Waals surface area contributed by atoms with Crippen molar-refractivity contribution in [2.75, 3.05) is 39.4 Å². The van der Waals surface area contributed by atoms with Gasteiger partial charge >= 0.3 is 0 Å². The van der Waals surface area contributed by atoms with E-state index in [4.69, 9.17) is 4.74 Å². The zero-order valence-corrected chi connectivity index (χ0v) is 15.1. The first-order valence-electron chi connectivity index (χ1n) is 9.58. The second-order valence-corrected chi connectivity index (χ2v) is 7.65. The highest BCUT2D eigenvalue weighted by Gasteiger charge is 2.49. The zero-order valence-electron chi connectivity index (χ0n) is 15.1. The SMILES string of the molecule is O=C(c1ccc2c(c1)CCCO2)N1CCC2(CCCN(CCO)C2=O)C1. The van der Waals surface area contributed by atoms with Crippen LogP contribution in [0.5, 0.6) is 5.75 Å². The fraction of sp³-hybridized carbons (Fsp3) is 0.600. The van der Waals surface area contributed by atoms with Crippen LogP contribution < -0.4 is 4.74 Å². The lowest BCUT2D eigenvalue weighted by Crippen LogP contribution is -2.51. The Bertz CT molecular complexity index is 718. The molecule has 1 aromatic carbocycles. The number of rotatable bonds is 3. The van der Waals surface area contributed by atoms with E-state index in [1.807, 2.05) is 23.1 Å².